The molecule has 7 heteroatoms. The molecule has 0 aliphatic carbocycles. The lowest BCUT2D eigenvalue weighted by molar-refractivity contribution is -0.384. The van der Waals surface area contributed by atoms with Crippen LogP contribution in [-0.2, 0) is 0 Å². The number of hydrogen-bond donors (Lipinski definition) is 2. The maximum atomic E-state index is 10.6. The summed E-state index contributed by atoms with van der Waals surface area (Å²) in [5.41, 5.74) is 5.43. The lowest BCUT2D eigenvalue weighted by atomic mass is 10.3. The van der Waals surface area contributed by atoms with E-state index >= 15 is 0 Å². The second-order valence-electron chi connectivity index (χ2n) is 3.17. The minimum absolute atomic E-state index is 0.0418. The number of nitrogen functional groups attached to an aromatic ring is 1. The number of hydrogen-bond acceptors (Lipinski definition) is 6. The van der Waals surface area contributed by atoms with Gasteiger partial charge in [0.2, 0.25) is 0 Å². The van der Waals surface area contributed by atoms with E-state index in [1.165, 1.54) is 12.1 Å². The summed E-state index contributed by atoms with van der Waals surface area (Å²) in [6.45, 7) is 0.731. The highest BCUT2D eigenvalue weighted by molar-refractivity contribution is 7.98. The number of nitro groups is 1. The Labute approximate surface area is 97.8 Å². The van der Waals surface area contributed by atoms with Gasteiger partial charge in [0.05, 0.1) is 17.1 Å². The Morgan fingerprint density at radius 1 is 1.62 bits per heavy atom. The topological polar surface area (TPSA) is 94.1 Å². The predicted molar refractivity (Wildman–Crippen MR) is 66.8 cm³/mol. The number of pyridine rings is 1. The van der Waals surface area contributed by atoms with Crippen LogP contribution in [0, 0.1) is 10.1 Å². The highest BCUT2D eigenvalue weighted by atomic mass is 32.2. The Balaban J connectivity index is 2.62. The average molecular weight is 242 g/mol. The Morgan fingerprint density at radius 2 is 2.38 bits per heavy atom. The van der Waals surface area contributed by atoms with Gasteiger partial charge in [-0.1, -0.05) is 0 Å². The first-order chi connectivity index (χ1) is 7.63. The number of anilines is 2. The number of nitrogens with zero attached hydrogens (tertiary/aromatic N) is 2. The molecule has 0 radical (unpaired) electrons. The van der Waals surface area contributed by atoms with Crippen molar-refractivity contribution in [2.24, 2.45) is 0 Å². The molecule has 88 valence electrons. The van der Waals surface area contributed by atoms with Crippen LogP contribution in [0.4, 0.5) is 17.3 Å². The highest BCUT2D eigenvalue weighted by Gasteiger charge is 2.09. The van der Waals surface area contributed by atoms with E-state index in [-0.39, 0.29) is 11.5 Å². The zero-order valence-electron chi connectivity index (χ0n) is 8.97. The molecule has 0 aliphatic rings. The zero-order chi connectivity index (χ0) is 12.0. The van der Waals surface area contributed by atoms with Crippen molar-refractivity contribution < 1.29 is 4.92 Å². The van der Waals surface area contributed by atoms with Crippen LogP contribution in [0.15, 0.2) is 12.1 Å². The van der Waals surface area contributed by atoms with Crippen molar-refractivity contribution in [3.8, 4) is 0 Å². The zero-order valence-corrected chi connectivity index (χ0v) is 9.79. The first-order valence-electron chi connectivity index (χ1n) is 4.78. The van der Waals surface area contributed by atoms with Crippen LogP contribution in [0.3, 0.4) is 0 Å². The van der Waals surface area contributed by atoms with Crippen LogP contribution in [0.1, 0.15) is 6.42 Å². The van der Waals surface area contributed by atoms with E-state index < -0.39 is 4.92 Å². The third-order valence-corrected chi connectivity index (χ3v) is 2.57. The third kappa shape index (κ3) is 3.93. The van der Waals surface area contributed by atoms with Gasteiger partial charge in [-0.25, -0.2) is 4.98 Å². The number of nitrogens with two attached hydrogens (primary N) is 1. The summed E-state index contributed by atoms with van der Waals surface area (Å²) in [5, 5.41) is 13.6. The molecule has 6 nitrogen and oxygen atoms in total. The summed E-state index contributed by atoms with van der Waals surface area (Å²) in [4.78, 5) is 14.1. The van der Waals surface area contributed by atoms with Crippen molar-refractivity contribution >= 4 is 29.1 Å². The van der Waals surface area contributed by atoms with Crippen LogP contribution in [0.25, 0.3) is 0 Å². The molecule has 16 heavy (non-hydrogen) atoms. The number of thioether (sulfide) groups is 1. The molecule has 0 atom stereocenters. The molecular weight excluding hydrogens is 228 g/mol. The highest BCUT2D eigenvalue weighted by Crippen LogP contribution is 2.18. The van der Waals surface area contributed by atoms with E-state index in [1.54, 1.807) is 11.8 Å². The van der Waals surface area contributed by atoms with E-state index in [2.05, 4.69) is 10.3 Å². The van der Waals surface area contributed by atoms with Crippen LogP contribution in [0.5, 0.6) is 0 Å². The largest absolute Gasteiger partial charge is 0.383 e. The van der Waals surface area contributed by atoms with Crippen molar-refractivity contribution in [1.82, 2.24) is 4.98 Å². The quantitative estimate of drug-likeness (QED) is 0.448. The van der Waals surface area contributed by atoms with Gasteiger partial charge in [0.15, 0.2) is 0 Å². The number of aromatic nitrogens is 1. The Kier molecular flexibility index (Phi) is 4.84. The standard InChI is InChI=1S/C9H14N4O2S/c1-16-4-2-3-11-9-6-7(13(14)15)5-8(10)12-9/h5-6H,2-4H2,1H3,(H3,10,11,12). The molecular formula is C9H14N4O2S. The van der Waals surface area contributed by atoms with Gasteiger partial charge in [-0.05, 0) is 18.4 Å². The summed E-state index contributed by atoms with van der Waals surface area (Å²) in [7, 11) is 0. The summed E-state index contributed by atoms with van der Waals surface area (Å²) in [5.74, 6) is 1.64. The average Bonchev–Trinajstić information content (AvgIpc) is 2.23. The predicted octanol–water partition coefficient (Wildman–Crippen LogP) is 1.74. The molecule has 0 fully saturated rings. The maximum absolute atomic E-state index is 10.6. The lowest BCUT2D eigenvalue weighted by Gasteiger charge is -2.05. The van der Waals surface area contributed by atoms with Crippen LogP contribution >= 0.6 is 11.8 Å². The summed E-state index contributed by atoms with van der Waals surface area (Å²) < 4.78 is 0. The Morgan fingerprint density at radius 3 is 3.00 bits per heavy atom. The molecule has 0 aliphatic heterocycles. The molecule has 1 aromatic heterocycles. The van der Waals surface area contributed by atoms with Gasteiger partial charge in [0.1, 0.15) is 11.6 Å². The molecule has 0 spiro atoms. The molecule has 1 rings (SSSR count). The fourth-order valence-corrected chi connectivity index (χ4v) is 1.60. The normalized spacial score (nSPS) is 10.1. The summed E-state index contributed by atoms with van der Waals surface area (Å²) in [6, 6.07) is 2.63. The number of nitrogens with one attached hydrogen (secondary N) is 1. The van der Waals surface area contributed by atoms with E-state index in [0.29, 0.717) is 5.82 Å². The van der Waals surface area contributed by atoms with Gasteiger partial charge in [0, 0.05) is 6.54 Å². The van der Waals surface area contributed by atoms with Gasteiger partial charge in [-0.15, -0.1) is 0 Å². The molecule has 1 heterocycles. The molecule has 1 aromatic rings. The van der Waals surface area contributed by atoms with Gasteiger partial charge in [-0.3, -0.25) is 10.1 Å². The molecule has 0 amide bonds. The SMILES string of the molecule is CSCCCNc1cc([N+](=O)[O-])cc(N)n1. The van der Waals surface area contributed by atoms with E-state index in [1.807, 2.05) is 6.26 Å². The fourth-order valence-electron chi connectivity index (χ4n) is 1.17. The van der Waals surface area contributed by atoms with Crippen molar-refractivity contribution in [3.05, 3.63) is 22.2 Å². The maximum Gasteiger partial charge on any atom is 0.276 e. The van der Waals surface area contributed by atoms with E-state index in [4.69, 9.17) is 5.73 Å². The van der Waals surface area contributed by atoms with E-state index in [9.17, 15) is 10.1 Å². The first-order valence-corrected chi connectivity index (χ1v) is 6.17. The van der Waals surface area contributed by atoms with Crippen LogP contribution in [0.2, 0.25) is 0 Å². The summed E-state index contributed by atoms with van der Waals surface area (Å²) >= 11 is 1.75. The van der Waals surface area contributed by atoms with Crippen LogP contribution in [-0.4, -0.2) is 28.5 Å². The van der Waals surface area contributed by atoms with Crippen molar-refractivity contribution in [1.29, 1.82) is 0 Å². The number of rotatable bonds is 6. The van der Waals surface area contributed by atoms with Crippen molar-refractivity contribution in [2.75, 3.05) is 29.6 Å². The van der Waals surface area contributed by atoms with Crippen molar-refractivity contribution in [3.63, 3.8) is 0 Å². The molecule has 0 saturated heterocycles. The molecule has 3 N–H and O–H groups in total. The molecule has 0 aromatic carbocycles. The minimum Gasteiger partial charge on any atom is -0.383 e. The Hall–Kier alpha value is -1.50. The molecule has 0 unspecified atom stereocenters. The lowest BCUT2D eigenvalue weighted by Crippen LogP contribution is -2.06. The smallest absolute Gasteiger partial charge is 0.276 e. The second kappa shape index (κ2) is 6.16. The van der Waals surface area contributed by atoms with Crippen molar-refractivity contribution in [2.45, 2.75) is 6.42 Å². The first kappa shape index (κ1) is 12.6. The van der Waals surface area contributed by atoms with Gasteiger partial charge < -0.3 is 11.1 Å². The Bertz CT molecular complexity index is 373. The monoisotopic (exact) mass is 242 g/mol. The third-order valence-electron chi connectivity index (χ3n) is 1.87. The van der Waals surface area contributed by atoms with E-state index in [0.717, 1.165) is 18.7 Å². The van der Waals surface area contributed by atoms with Gasteiger partial charge in [0.25, 0.3) is 5.69 Å². The van der Waals surface area contributed by atoms with Gasteiger partial charge in [-0.2, -0.15) is 11.8 Å². The van der Waals surface area contributed by atoms with Gasteiger partial charge >= 0.3 is 0 Å². The molecule has 0 bridgehead atoms. The summed E-state index contributed by atoms with van der Waals surface area (Å²) in [6.07, 6.45) is 3.01. The fraction of sp³-hybridized carbons (Fsp3) is 0.444. The molecule has 0 saturated carbocycles. The minimum atomic E-state index is -0.481. The van der Waals surface area contributed by atoms with Crippen LogP contribution < -0.4 is 11.1 Å². The second-order valence-corrected chi connectivity index (χ2v) is 4.15.